The maximum atomic E-state index is 14.0. The topological polar surface area (TPSA) is 85.6 Å². The van der Waals surface area contributed by atoms with Gasteiger partial charge in [-0.05, 0) is 43.3 Å². The van der Waals surface area contributed by atoms with E-state index in [4.69, 9.17) is 0 Å². The summed E-state index contributed by atoms with van der Waals surface area (Å²) in [4.78, 5) is 18.9. The van der Waals surface area contributed by atoms with E-state index in [1.165, 1.54) is 0 Å². The average Bonchev–Trinajstić information content (AvgIpc) is 3.09. The van der Waals surface area contributed by atoms with Crippen molar-refractivity contribution in [1.29, 1.82) is 0 Å². The molecule has 0 saturated heterocycles. The molecule has 0 radical (unpaired) electrons. The highest BCUT2D eigenvalue weighted by Crippen LogP contribution is 2.23. The summed E-state index contributed by atoms with van der Waals surface area (Å²) < 4.78 is 15.7. The SMILES string of the molecule is Cc1ccc(Nc2ccc3c(c2)ncn3-c2ccc(CC=O)c(F)n2)nn1. The van der Waals surface area contributed by atoms with Crippen molar-refractivity contribution in [2.75, 3.05) is 5.32 Å². The number of benzene rings is 1. The number of aryl methyl sites for hydroxylation is 1. The first-order valence-corrected chi connectivity index (χ1v) is 8.28. The number of rotatable bonds is 5. The van der Waals surface area contributed by atoms with Crippen molar-refractivity contribution in [2.45, 2.75) is 13.3 Å². The first-order chi connectivity index (χ1) is 13.1. The number of imidazole rings is 1. The molecule has 4 aromatic rings. The summed E-state index contributed by atoms with van der Waals surface area (Å²) in [6, 6.07) is 12.5. The molecule has 4 rings (SSSR count). The number of carbonyl (C=O) groups excluding carboxylic acids is 1. The van der Waals surface area contributed by atoms with Crippen molar-refractivity contribution in [3.63, 3.8) is 0 Å². The number of halogens is 1. The third kappa shape index (κ3) is 3.37. The molecule has 0 unspecified atom stereocenters. The Balaban J connectivity index is 1.65. The van der Waals surface area contributed by atoms with Crippen molar-refractivity contribution in [3.8, 4) is 5.82 Å². The lowest BCUT2D eigenvalue weighted by Gasteiger charge is -2.07. The number of aromatic nitrogens is 5. The summed E-state index contributed by atoms with van der Waals surface area (Å²) in [6.45, 7) is 1.87. The van der Waals surface area contributed by atoms with Crippen LogP contribution in [0.4, 0.5) is 15.9 Å². The van der Waals surface area contributed by atoms with Gasteiger partial charge in [0.1, 0.15) is 18.4 Å². The van der Waals surface area contributed by atoms with E-state index in [1.807, 2.05) is 37.3 Å². The predicted octanol–water partition coefficient (Wildman–Crippen LogP) is 3.14. The molecule has 3 heterocycles. The van der Waals surface area contributed by atoms with Gasteiger partial charge >= 0.3 is 0 Å². The Morgan fingerprint density at radius 1 is 1.15 bits per heavy atom. The van der Waals surface area contributed by atoms with E-state index in [0.717, 1.165) is 22.4 Å². The molecular weight excluding hydrogens is 347 g/mol. The first kappa shape index (κ1) is 16.8. The van der Waals surface area contributed by atoms with Gasteiger partial charge in [0.05, 0.1) is 16.7 Å². The zero-order valence-electron chi connectivity index (χ0n) is 14.4. The minimum absolute atomic E-state index is 0.000717. The van der Waals surface area contributed by atoms with Crippen LogP contribution >= 0.6 is 0 Å². The third-order valence-electron chi connectivity index (χ3n) is 4.08. The van der Waals surface area contributed by atoms with E-state index in [0.29, 0.717) is 17.9 Å². The van der Waals surface area contributed by atoms with Gasteiger partial charge in [-0.25, -0.2) is 9.97 Å². The normalized spacial score (nSPS) is 10.9. The van der Waals surface area contributed by atoms with Crippen LogP contribution in [-0.2, 0) is 11.2 Å². The molecule has 7 nitrogen and oxygen atoms in total. The molecule has 0 amide bonds. The Hall–Kier alpha value is -3.68. The Kier molecular flexibility index (Phi) is 4.29. The van der Waals surface area contributed by atoms with Crippen molar-refractivity contribution in [1.82, 2.24) is 24.7 Å². The van der Waals surface area contributed by atoms with Gasteiger partial charge in [-0.1, -0.05) is 6.07 Å². The number of fused-ring (bicyclic) bond motifs is 1. The highest BCUT2D eigenvalue weighted by molar-refractivity contribution is 5.81. The molecule has 3 aromatic heterocycles. The number of nitrogens with one attached hydrogen (secondary N) is 1. The molecule has 0 saturated carbocycles. The molecule has 0 spiro atoms. The monoisotopic (exact) mass is 362 g/mol. The van der Waals surface area contributed by atoms with Crippen LogP contribution in [0.5, 0.6) is 0 Å². The first-order valence-electron chi connectivity index (χ1n) is 8.28. The molecule has 134 valence electrons. The second kappa shape index (κ2) is 6.91. The Morgan fingerprint density at radius 2 is 2.04 bits per heavy atom. The van der Waals surface area contributed by atoms with Gasteiger partial charge < -0.3 is 10.1 Å². The van der Waals surface area contributed by atoms with Gasteiger partial charge in [0.25, 0.3) is 0 Å². The highest BCUT2D eigenvalue weighted by atomic mass is 19.1. The maximum absolute atomic E-state index is 14.0. The summed E-state index contributed by atoms with van der Waals surface area (Å²) in [5, 5.41) is 11.3. The van der Waals surface area contributed by atoms with E-state index in [2.05, 4.69) is 25.5 Å². The molecule has 8 heteroatoms. The van der Waals surface area contributed by atoms with Crippen molar-refractivity contribution in [3.05, 3.63) is 66.0 Å². The zero-order chi connectivity index (χ0) is 18.8. The van der Waals surface area contributed by atoms with Crippen molar-refractivity contribution in [2.24, 2.45) is 0 Å². The lowest BCUT2D eigenvalue weighted by molar-refractivity contribution is -0.107. The lowest BCUT2D eigenvalue weighted by Crippen LogP contribution is -2.02. The summed E-state index contributed by atoms with van der Waals surface area (Å²) in [5.74, 6) is 0.376. The van der Waals surface area contributed by atoms with Crippen LogP contribution < -0.4 is 5.32 Å². The second-order valence-corrected chi connectivity index (χ2v) is 5.99. The second-order valence-electron chi connectivity index (χ2n) is 5.99. The highest BCUT2D eigenvalue weighted by Gasteiger charge is 2.10. The van der Waals surface area contributed by atoms with Crippen molar-refractivity contribution < 1.29 is 9.18 Å². The molecule has 27 heavy (non-hydrogen) atoms. The molecule has 0 fully saturated rings. The Morgan fingerprint density at radius 3 is 2.78 bits per heavy atom. The van der Waals surface area contributed by atoms with Crippen molar-refractivity contribution >= 4 is 28.8 Å². The van der Waals surface area contributed by atoms with Crippen LogP contribution in [0.3, 0.4) is 0 Å². The minimum atomic E-state index is -0.655. The van der Waals surface area contributed by atoms with E-state index >= 15 is 0 Å². The van der Waals surface area contributed by atoms with Gasteiger partial charge in [0.2, 0.25) is 5.95 Å². The molecule has 1 N–H and O–H groups in total. The zero-order valence-corrected chi connectivity index (χ0v) is 14.4. The number of hydrogen-bond donors (Lipinski definition) is 1. The van der Waals surface area contributed by atoms with Crippen LogP contribution in [0, 0.1) is 12.9 Å². The van der Waals surface area contributed by atoms with Gasteiger partial charge in [0.15, 0.2) is 5.82 Å². The molecule has 0 aliphatic rings. The van der Waals surface area contributed by atoms with E-state index in [1.54, 1.807) is 23.0 Å². The quantitative estimate of drug-likeness (QED) is 0.434. The summed E-state index contributed by atoms with van der Waals surface area (Å²) in [5.41, 5.74) is 3.42. The summed E-state index contributed by atoms with van der Waals surface area (Å²) >= 11 is 0. The van der Waals surface area contributed by atoms with E-state index < -0.39 is 5.95 Å². The standard InChI is InChI=1S/C19H15FN6O/c1-12-2-6-17(25-24-12)22-14-4-5-16-15(10-14)21-11-26(16)18-7-3-13(8-9-27)19(20)23-18/h2-7,9-11H,8H2,1H3,(H,22,25). The Labute approximate surface area is 153 Å². The molecular formula is C19H15FN6O. The molecule has 0 bridgehead atoms. The van der Waals surface area contributed by atoms with E-state index in [-0.39, 0.29) is 12.0 Å². The number of nitrogens with zero attached hydrogens (tertiary/aromatic N) is 5. The Bertz CT molecular complexity index is 1120. The van der Waals surface area contributed by atoms with Gasteiger partial charge in [-0.2, -0.15) is 9.49 Å². The number of pyridine rings is 1. The fraction of sp³-hybridized carbons (Fsp3) is 0.105. The average molecular weight is 362 g/mol. The fourth-order valence-electron chi connectivity index (χ4n) is 2.72. The molecule has 0 atom stereocenters. The molecule has 1 aromatic carbocycles. The van der Waals surface area contributed by atoms with Crippen LogP contribution in [-0.4, -0.2) is 31.0 Å². The van der Waals surface area contributed by atoms with Crippen LogP contribution in [0.15, 0.2) is 48.8 Å². The van der Waals surface area contributed by atoms with E-state index in [9.17, 15) is 9.18 Å². The summed E-state index contributed by atoms with van der Waals surface area (Å²) in [7, 11) is 0. The van der Waals surface area contributed by atoms with Gasteiger partial charge in [-0.3, -0.25) is 4.57 Å². The minimum Gasteiger partial charge on any atom is -0.339 e. The maximum Gasteiger partial charge on any atom is 0.218 e. The van der Waals surface area contributed by atoms with Crippen LogP contribution in [0.2, 0.25) is 0 Å². The smallest absolute Gasteiger partial charge is 0.218 e. The summed E-state index contributed by atoms with van der Waals surface area (Å²) in [6.07, 6.45) is 2.24. The van der Waals surface area contributed by atoms with Crippen LogP contribution in [0.1, 0.15) is 11.3 Å². The number of aldehydes is 1. The predicted molar refractivity (Wildman–Crippen MR) is 98.6 cm³/mol. The lowest BCUT2D eigenvalue weighted by atomic mass is 10.2. The molecule has 0 aliphatic carbocycles. The molecule has 0 aliphatic heterocycles. The largest absolute Gasteiger partial charge is 0.339 e. The fourth-order valence-corrected chi connectivity index (χ4v) is 2.72. The number of hydrogen-bond acceptors (Lipinski definition) is 6. The third-order valence-corrected chi connectivity index (χ3v) is 4.08. The van der Waals surface area contributed by atoms with Gasteiger partial charge in [-0.15, -0.1) is 5.10 Å². The number of carbonyl (C=O) groups is 1. The van der Waals surface area contributed by atoms with Gasteiger partial charge in [0, 0.05) is 17.7 Å². The number of anilines is 2. The van der Waals surface area contributed by atoms with Crippen LogP contribution in [0.25, 0.3) is 16.9 Å².